The largest absolute Gasteiger partial charge is 0.469 e. The lowest BCUT2D eigenvalue weighted by Crippen LogP contribution is -2.18. The zero-order chi connectivity index (χ0) is 15.2. The van der Waals surface area contributed by atoms with E-state index in [4.69, 9.17) is 9.15 Å². The molecule has 0 spiro atoms. The number of hydrogen-bond donors (Lipinski definition) is 1. The predicted octanol–water partition coefficient (Wildman–Crippen LogP) is 3.64. The first-order chi connectivity index (χ1) is 10.1. The Labute approximate surface area is 122 Å². The minimum Gasteiger partial charge on any atom is -0.469 e. The van der Waals surface area contributed by atoms with Gasteiger partial charge in [-0.05, 0) is 43.7 Å². The maximum atomic E-state index is 13.4. The lowest BCUT2D eigenvalue weighted by atomic mass is 10.1. The van der Waals surface area contributed by atoms with Crippen LogP contribution in [0.2, 0.25) is 0 Å². The summed E-state index contributed by atoms with van der Waals surface area (Å²) in [6.07, 6.45) is 3.20. The Morgan fingerprint density at radius 1 is 1.43 bits per heavy atom. The van der Waals surface area contributed by atoms with Gasteiger partial charge in [0.15, 0.2) is 0 Å². The summed E-state index contributed by atoms with van der Waals surface area (Å²) >= 11 is 0. The molecule has 1 N–H and O–H groups in total. The topological polar surface area (TPSA) is 51.5 Å². The van der Waals surface area contributed by atoms with Gasteiger partial charge in [-0.3, -0.25) is 0 Å². The van der Waals surface area contributed by atoms with E-state index >= 15 is 0 Å². The summed E-state index contributed by atoms with van der Waals surface area (Å²) < 4.78 is 23.3. The second-order valence-electron chi connectivity index (χ2n) is 4.84. The number of hydrogen-bond acceptors (Lipinski definition) is 4. The Balaban J connectivity index is 2.03. The molecule has 0 aliphatic carbocycles. The Hall–Kier alpha value is -2.30. The van der Waals surface area contributed by atoms with Gasteiger partial charge in [-0.15, -0.1) is 0 Å². The number of carbonyl (C=O) groups excluding carboxylic acids is 1. The molecule has 1 aromatic heterocycles. The minimum absolute atomic E-state index is 0.0558. The number of benzene rings is 1. The van der Waals surface area contributed by atoms with E-state index in [2.05, 4.69) is 5.32 Å². The lowest BCUT2D eigenvalue weighted by molar-refractivity contribution is 0.0601. The molecular weight excluding hydrogens is 273 g/mol. The maximum absolute atomic E-state index is 13.4. The number of rotatable bonds is 6. The molecule has 5 heteroatoms. The summed E-state index contributed by atoms with van der Waals surface area (Å²) in [7, 11) is 1.30. The maximum Gasteiger partial charge on any atom is 0.339 e. The normalized spacial score (nSPS) is 12.0. The predicted molar refractivity (Wildman–Crippen MR) is 77.9 cm³/mol. The molecule has 1 heterocycles. The summed E-state index contributed by atoms with van der Waals surface area (Å²) in [6.45, 7) is 1.97. The third-order valence-corrected chi connectivity index (χ3v) is 3.19. The van der Waals surface area contributed by atoms with Crippen molar-refractivity contribution >= 4 is 11.7 Å². The molecule has 0 aliphatic rings. The molecular formula is C16H18FNO3. The molecule has 0 fully saturated rings. The van der Waals surface area contributed by atoms with Gasteiger partial charge in [0.2, 0.25) is 0 Å². The second kappa shape index (κ2) is 6.92. The van der Waals surface area contributed by atoms with Crippen LogP contribution in [0.1, 0.15) is 29.5 Å². The van der Waals surface area contributed by atoms with E-state index in [-0.39, 0.29) is 6.04 Å². The first-order valence-corrected chi connectivity index (χ1v) is 6.77. The number of esters is 1. The number of carbonyl (C=O) groups is 1. The van der Waals surface area contributed by atoms with Crippen LogP contribution in [-0.2, 0) is 11.2 Å². The molecule has 0 saturated carbocycles. The van der Waals surface area contributed by atoms with Gasteiger partial charge in [0.1, 0.15) is 11.6 Å². The lowest BCUT2D eigenvalue weighted by Gasteiger charge is -2.17. The number of methoxy groups -OCH3 is 1. The third kappa shape index (κ3) is 4.08. The van der Waals surface area contributed by atoms with Crippen LogP contribution in [0, 0.1) is 5.82 Å². The van der Waals surface area contributed by atoms with E-state index in [1.807, 2.05) is 19.1 Å². The molecule has 0 amide bonds. The molecule has 0 bridgehead atoms. The molecule has 1 atom stereocenters. The number of anilines is 1. The highest BCUT2D eigenvalue weighted by molar-refractivity contribution is 5.95. The van der Waals surface area contributed by atoms with Crippen molar-refractivity contribution in [3.8, 4) is 0 Å². The molecule has 1 unspecified atom stereocenters. The van der Waals surface area contributed by atoms with Crippen molar-refractivity contribution in [2.75, 3.05) is 12.4 Å². The molecule has 21 heavy (non-hydrogen) atoms. The number of aryl methyl sites for hydroxylation is 1. The van der Waals surface area contributed by atoms with Crippen LogP contribution in [0.5, 0.6) is 0 Å². The van der Waals surface area contributed by atoms with Crippen molar-refractivity contribution in [1.82, 2.24) is 0 Å². The van der Waals surface area contributed by atoms with Gasteiger partial charge in [0.25, 0.3) is 0 Å². The SMILES string of the molecule is COC(=O)c1ccc(F)cc1NC(C)CCc1ccco1. The van der Waals surface area contributed by atoms with Gasteiger partial charge in [-0.1, -0.05) is 0 Å². The van der Waals surface area contributed by atoms with Crippen molar-refractivity contribution in [2.45, 2.75) is 25.8 Å². The number of ether oxygens (including phenoxy) is 1. The van der Waals surface area contributed by atoms with E-state index in [1.54, 1.807) is 6.26 Å². The summed E-state index contributed by atoms with van der Waals surface area (Å²) in [5, 5.41) is 3.15. The van der Waals surface area contributed by atoms with E-state index in [0.717, 1.165) is 18.6 Å². The van der Waals surface area contributed by atoms with Gasteiger partial charge in [-0.25, -0.2) is 9.18 Å². The first-order valence-electron chi connectivity index (χ1n) is 6.77. The Bertz CT molecular complexity index is 596. The van der Waals surface area contributed by atoms with Crippen LogP contribution in [0.25, 0.3) is 0 Å². The van der Waals surface area contributed by atoms with Crippen molar-refractivity contribution in [2.24, 2.45) is 0 Å². The number of furan rings is 1. The van der Waals surface area contributed by atoms with Crippen molar-refractivity contribution in [3.63, 3.8) is 0 Å². The van der Waals surface area contributed by atoms with E-state index < -0.39 is 11.8 Å². The number of halogens is 1. The average Bonchev–Trinajstić information content (AvgIpc) is 2.98. The summed E-state index contributed by atoms with van der Waals surface area (Å²) in [5.41, 5.74) is 0.762. The van der Waals surface area contributed by atoms with Gasteiger partial charge in [0.05, 0.1) is 24.6 Å². The van der Waals surface area contributed by atoms with Gasteiger partial charge < -0.3 is 14.5 Å². The first kappa shape index (κ1) is 15.1. The van der Waals surface area contributed by atoms with Crippen LogP contribution in [-0.4, -0.2) is 19.1 Å². The summed E-state index contributed by atoms with van der Waals surface area (Å²) in [4.78, 5) is 11.7. The Morgan fingerprint density at radius 3 is 2.90 bits per heavy atom. The van der Waals surface area contributed by atoms with Gasteiger partial charge in [0, 0.05) is 12.5 Å². The zero-order valence-corrected chi connectivity index (χ0v) is 12.1. The van der Waals surface area contributed by atoms with Crippen LogP contribution in [0.15, 0.2) is 41.0 Å². The fourth-order valence-electron chi connectivity index (χ4n) is 2.08. The highest BCUT2D eigenvalue weighted by atomic mass is 19.1. The van der Waals surface area contributed by atoms with Crippen LogP contribution >= 0.6 is 0 Å². The standard InChI is InChI=1S/C16H18FNO3/c1-11(5-7-13-4-3-9-21-13)18-15-10-12(17)6-8-14(15)16(19)20-2/h3-4,6,8-11,18H,5,7H2,1-2H3. The molecule has 4 nitrogen and oxygen atoms in total. The Kier molecular flexibility index (Phi) is 4.98. The van der Waals surface area contributed by atoms with Gasteiger partial charge >= 0.3 is 5.97 Å². The quantitative estimate of drug-likeness (QED) is 0.826. The molecule has 0 aliphatic heterocycles. The molecule has 0 radical (unpaired) electrons. The van der Waals surface area contributed by atoms with Crippen LogP contribution in [0.4, 0.5) is 10.1 Å². The third-order valence-electron chi connectivity index (χ3n) is 3.19. The summed E-state index contributed by atoms with van der Waals surface area (Å²) in [6, 6.07) is 7.77. The highest BCUT2D eigenvalue weighted by Gasteiger charge is 2.14. The second-order valence-corrected chi connectivity index (χ2v) is 4.84. The van der Waals surface area contributed by atoms with Gasteiger partial charge in [-0.2, -0.15) is 0 Å². The molecule has 112 valence electrons. The van der Waals surface area contributed by atoms with E-state index in [9.17, 15) is 9.18 Å². The highest BCUT2D eigenvalue weighted by Crippen LogP contribution is 2.20. The average molecular weight is 291 g/mol. The fourth-order valence-corrected chi connectivity index (χ4v) is 2.08. The van der Waals surface area contributed by atoms with Crippen molar-refractivity contribution < 1.29 is 18.3 Å². The molecule has 1 aromatic carbocycles. The molecule has 0 saturated heterocycles. The van der Waals surface area contributed by atoms with E-state index in [0.29, 0.717) is 11.3 Å². The monoisotopic (exact) mass is 291 g/mol. The smallest absolute Gasteiger partial charge is 0.339 e. The molecule has 2 rings (SSSR count). The van der Waals surface area contributed by atoms with E-state index in [1.165, 1.54) is 25.3 Å². The van der Waals surface area contributed by atoms with Crippen LogP contribution < -0.4 is 5.32 Å². The number of nitrogens with one attached hydrogen (secondary N) is 1. The van der Waals surface area contributed by atoms with Crippen molar-refractivity contribution in [3.05, 3.63) is 53.7 Å². The molecule has 2 aromatic rings. The van der Waals surface area contributed by atoms with Crippen LogP contribution in [0.3, 0.4) is 0 Å². The zero-order valence-electron chi connectivity index (χ0n) is 12.1. The van der Waals surface area contributed by atoms with Crippen molar-refractivity contribution in [1.29, 1.82) is 0 Å². The summed E-state index contributed by atoms with van der Waals surface area (Å²) in [5.74, 6) is 0.00945. The fraction of sp³-hybridized carbons (Fsp3) is 0.312. The minimum atomic E-state index is -0.490. The Morgan fingerprint density at radius 2 is 2.24 bits per heavy atom.